The molecule has 1 aliphatic heterocycles. The summed E-state index contributed by atoms with van der Waals surface area (Å²) < 4.78 is 10.4. The van der Waals surface area contributed by atoms with Crippen molar-refractivity contribution in [3.05, 3.63) is 52.5 Å². The zero-order valence-corrected chi connectivity index (χ0v) is 11.7. The van der Waals surface area contributed by atoms with Gasteiger partial charge in [-0.05, 0) is 18.2 Å². The van der Waals surface area contributed by atoms with E-state index in [0.29, 0.717) is 33.3 Å². The minimum atomic E-state index is -0.337. The molecule has 5 nitrogen and oxygen atoms in total. The van der Waals surface area contributed by atoms with Gasteiger partial charge in [-0.3, -0.25) is 4.79 Å². The minimum absolute atomic E-state index is 0.0907. The van der Waals surface area contributed by atoms with Gasteiger partial charge in [-0.25, -0.2) is 0 Å². The van der Waals surface area contributed by atoms with Crippen molar-refractivity contribution in [3.63, 3.8) is 0 Å². The Morgan fingerprint density at radius 1 is 1.29 bits per heavy atom. The van der Waals surface area contributed by atoms with Crippen LogP contribution < -0.4 is 14.8 Å². The van der Waals surface area contributed by atoms with Crippen molar-refractivity contribution in [3.8, 4) is 11.5 Å². The second-order valence-corrected chi connectivity index (χ2v) is 4.87. The summed E-state index contributed by atoms with van der Waals surface area (Å²) in [7, 11) is 0. The molecule has 1 amide bonds. The summed E-state index contributed by atoms with van der Waals surface area (Å²) in [5, 5.41) is 12.3. The first-order valence-electron chi connectivity index (χ1n) is 6.28. The monoisotopic (exact) mass is 305 g/mol. The molecule has 1 heterocycles. The zero-order valence-electron chi connectivity index (χ0n) is 10.9. The molecule has 108 valence electrons. The molecule has 2 N–H and O–H groups in total. The predicted octanol–water partition coefficient (Wildman–Crippen LogP) is 2.81. The van der Waals surface area contributed by atoms with E-state index in [1.807, 2.05) is 0 Å². The van der Waals surface area contributed by atoms with Gasteiger partial charge in [-0.15, -0.1) is 0 Å². The maximum atomic E-state index is 12.3. The number of rotatable bonds is 3. The van der Waals surface area contributed by atoms with Crippen LogP contribution in [0.25, 0.3) is 0 Å². The van der Waals surface area contributed by atoms with Gasteiger partial charge < -0.3 is 19.9 Å². The van der Waals surface area contributed by atoms with Crippen molar-refractivity contribution >= 4 is 23.2 Å². The highest BCUT2D eigenvalue weighted by Gasteiger charge is 2.21. The van der Waals surface area contributed by atoms with Gasteiger partial charge in [0, 0.05) is 16.8 Å². The molecule has 2 aromatic rings. The summed E-state index contributed by atoms with van der Waals surface area (Å²) in [6.45, 7) is -0.0637. The van der Waals surface area contributed by atoms with Gasteiger partial charge in [-0.2, -0.15) is 0 Å². The fourth-order valence-electron chi connectivity index (χ4n) is 2.07. The number of benzene rings is 2. The Balaban J connectivity index is 1.88. The molecule has 0 bridgehead atoms. The van der Waals surface area contributed by atoms with E-state index >= 15 is 0 Å². The molecule has 0 unspecified atom stereocenters. The second kappa shape index (κ2) is 5.63. The number of para-hydroxylation sites is 1. The first-order chi connectivity index (χ1) is 10.2. The van der Waals surface area contributed by atoms with E-state index in [2.05, 4.69) is 5.32 Å². The summed E-state index contributed by atoms with van der Waals surface area (Å²) in [5.74, 6) is 0.558. The average molecular weight is 306 g/mol. The molecule has 0 saturated carbocycles. The summed E-state index contributed by atoms with van der Waals surface area (Å²) in [4.78, 5) is 12.3. The van der Waals surface area contributed by atoms with Crippen LogP contribution in [0, 0.1) is 0 Å². The number of hydrogen-bond acceptors (Lipinski definition) is 4. The molecule has 1 aliphatic rings. The summed E-state index contributed by atoms with van der Waals surface area (Å²) in [5.41, 5.74) is 1.55. The van der Waals surface area contributed by atoms with Crippen LogP contribution in [0.5, 0.6) is 11.5 Å². The van der Waals surface area contributed by atoms with E-state index in [4.69, 9.17) is 21.1 Å². The maximum absolute atomic E-state index is 12.3. The first-order valence-corrected chi connectivity index (χ1v) is 6.66. The number of carbonyl (C=O) groups excluding carboxylic acids is 1. The molecule has 0 aromatic heterocycles. The number of ether oxygens (including phenoxy) is 2. The van der Waals surface area contributed by atoms with Crippen molar-refractivity contribution in [2.24, 2.45) is 0 Å². The SMILES string of the molecule is O=C(Nc1ccccc1CO)c1cc(Cl)c2c(c1)OCO2. The number of aliphatic hydroxyl groups excluding tert-OH is 1. The largest absolute Gasteiger partial charge is 0.454 e. The molecule has 0 fully saturated rings. The molecule has 0 atom stereocenters. The van der Waals surface area contributed by atoms with Gasteiger partial charge in [0.05, 0.1) is 11.6 Å². The van der Waals surface area contributed by atoms with Crippen LogP contribution in [0.2, 0.25) is 5.02 Å². The van der Waals surface area contributed by atoms with Crippen LogP contribution in [0.3, 0.4) is 0 Å². The van der Waals surface area contributed by atoms with Crippen molar-refractivity contribution in [1.82, 2.24) is 0 Å². The third kappa shape index (κ3) is 2.66. The lowest BCUT2D eigenvalue weighted by molar-refractivity contribution is 0.102. The molecular weight excluding hydrogens is 294 g/mol. The molecular formula is C15H12ClNO4. The average Bonchev–Trinajstić information content (AvgIpc) is 2.96. The van der Waals surface area contributed by atoms with Gasteiger partial charge >= 0.3 is 0 Å². The Morgan fingerprint density at radius 2 is 2.10 bits per heavy atom. The highest BCUT2D eigenvalue weighted by Crippen LogP contribution is 2.39. The van der Waals surface area contributed by atoms with Crippen LogP contribution in [0.4, 0.5) is 5.69 Å². The summed E-state index contributed by atoms with van der Waals surface area (Å²) in [6.07, 6.45) is 0. The van der Waals surface area contributed by atoms with E-state index in [1.54, 1.807) is 30.3 Å². The summed E-state index contributed by atoms with van der Waals surface area (Å²) >= 11 is 6.06. The van der Waals surface area contributed by atoms with Gasteiger partial charge in [0.2, 0.25) is 6.79 Å². The fraction of sp³-hybridized carbons (Fsp3) is 0.133. The van der Waals surface area contributed by atoms with Gasteiger partial charge in [0.25, 0.3) is 5.91 Å². The Bertz CT molecular complexity index is 702. The van der Waals surface area contributed by atoms with Crippen molar-refractivity contribution in [1.29, 1.82) is 0 Å². The van der Waals surface area contributed by atoms with E-state index < -0.39 is 0 Å². The van der Waals surface area contributed by atoms with Crippen LogP contribution >= 0.6 is 11.6 Å². The number of halogens is 1. The van der Waals surface area contributed by atoms with Gasteiger partial charge in [0.1, 0.15) is 0 Å². The lowest BCUT2D eigenvalue weighted by atomic mass is 10.1. The number of anilines is 1. The van der Waals surface area contributed by atoms with E-state index in [1.165, 1.54) is 6.07 Å². The van der Waals surface area contributed by atoms with Gasteiger partial charge in [0.15, 0.2) is 11.5 Å². The molecule has 0 saturated heterocycles. The van der Waals surface area contributed by atoms with Gasteiger partial charge in [-0.1, -0.05) is 29.8 Å². The zero-order chi connectivity index (χ0) is 14.8. The summed E-state index contributed by atoms with van der Waals surface area (Å²) in [6, 6.07) is 10.1. The van der Waals surface area contributed by atoms with Crippen molar-refractivity contribution in [2.75, 3.05) is 12.1 Å². The number of fused-ring (bicyclic) bond motifs is 1. The Kier molecular flexibility index (Phi) is 3.68. The van der Waals surface area contributed by atoms with Crippen molar-refractivity contribution in [2.45, 2.75) is 6.61 Å². The first kappa shape index (κ1) is 13.7. The van der Waals surface area contributed by atoms with Crippen molar-refractivity contribution < 1.29 is 19.4 Å². The third-order valence-corrected chi connectivity index (χ3v) is 3.41. The number of carbonyl (C=O) groups is 1. The fourth-order valence-corrected chi connectivity index (χ4v) is 2.34. The second-order valence-electron chi connectivity index (χ2n) is 4.46. The minimum Gasteiger partial charge on any atom is -0.454 e. The van der Waals surface area contributed by atoms with Crippen LogP contribution in [-0.2, 0) is 6.61 Å². The molecule has 6 heteroatoms. The number of hydrogen-bond donors (Lipinski definition) is 2. The Hall–Kier alpha value is -2.24. The highest BCUT2D eigenvalue weighted by atomic mass is 35.5. The van der Waals surface area contributed by atoms with Crippen LogP contribution in [0.15, 0.2) is 36.4 Å². The smallest absolute Gasteiger partial charge is 0.255 e. The number of amides is 1. The molecule has 0 aliphatic carbocycles. The molecule has 3 rings (SSSR count). The van der Waals surface area contributed by atoms with E-state index in [-0.39, 0.29) is 19.3 Å². The molecule has 21 heavy (non-hydrogen) atoms. The lowest BCUT2D eigenvalue weighted by Crippen LogP contribution is -2.13. The normalized spacial score (nSPS) is 12.3. The van der Waals surface area contributed by atoms with E-state index in [9.17, 15) is 9.90 Å². The highest BCUT2D eigenvalue weighted by molar-refractivity contribution is 6.32. The van der Waals surface area contributed by atoms with E-state index in [0.717, 1.165) is 0 Å². The quantitative estimate of drug-likeness (QED) is 0.915. The molecule has 0 spiro atoms. The Morgan fingerprint density at radius 3 is 2.90 bits per heavy atom. The maximum Gasteiger partial charge on any atom is 0.255 e. The third-order valence-electron chi connectivity index (χ3n) is 3.13. The Labute approximate surface area is 126 Å². The predicted molar refractivity (Wildman–Crippen MR) is 77.9 cm³/mol. The van der Waals surface area contributed by atoms with Crippen LogP contribution in [-0.4, -0.2) is 17.8 Å². The lowest BCUT2D eigenvalue weighted by Gasteiger charge is -2.10. The number of aliphatic hydroxyl groups is 1. The number of nitrogens with one attached hydrogen (secondary N) is 1. The van der Waals surface area contributed by atoms with Crippen LogP contribution in [0.1, 0.15) is 15.9 Å². The standard InChI is InChI=1S/C15H12ClNO4/c16-11-5-10(6-13-14(11)21-8-20-13)15(19)17-12-4-2-1-3-9(12)7-18/h1-6,18H,7-8H2,(H,17,19). The molecule has 2 aromatic carbocycles. The molecule has 0 radical (unpaired) electrons. The topological polar surface area (TPSA) is 67.8 Å².